The first-order chi connectivity index (χ1) is 10.0. The molecule has 0 saturated carbocycles. The zero-order valence-corrected chi connectivity index (χ0v) is 12.8. The molecule has 0 saturated heterocycles. The fourth-order valence-corrected chi connectivity index (χ4v) is 1.94. The average Bonchev–Trinajstić information content (AvgIpc) is 2.47. The quantitative estimate of drug-likeness (QED) is 0.596. The summed E-state index contributed by atoms with van der Waals surface area (Å²) >= 11 is 5.73. The molecule has 0 aromatic heterocycles. The van der Waals surface area contributed by atoms with Gasteiger partial charge in [0, 0.05) is 11.4 Å². The first-order valence-electron chi connectivity index (χ1n) is 7.03. The van der Waals surface area contributed by atoms with Gasteiger partial charge in [0.15, 0.2) is 0 Å². The van der Waals surface area contributed by atoms with E-state index in [-0.39, 0.29) is 17.7 Å². The summed E-state index contributed by atoms with van der Waals surface area (Å²) in [7, 11) is 0. The number of aromatic hydroxyl groups is 1. The average molecular weight is 314 g/mol. The molecule has 2 N–H and O–H groups in total. The van der Waals surface area contributed by atoms with Gasteiger partial charge in [-0.2, -0.15) is 5.48 Å². The van der Waals surface area contributed by atoms with E-state index >= 15 is 0 Å². The fourth-order valence-electron chi connectivity index (χ4n) is 1.77. The molecule has 0 aliphatic carbocycles. The van der Waals surface area contributed by atoms with Crippen LogP contribution >= 0.6 is 11.6 Å². The van der Waals surface area contributed by atoms with E-state index in [0.29, 0.717) is 5.02 Å². The number of benzene rings is 1. The molecule has 6 heteroatoms. The summed E-state index contributed by atoms with van der Waals surface area (Å²) in [4.78, 5) is 27.8. The highest BCUT2D eigenvalue weighted by molar-refractivity contribution is 6.31. The molecule has 5 nitrogen and oxygen atoms in total. The van der Waals surface area contributed by atoms with E-state index in [9.17, 15) is 14.7 Å². The maximum absolute atomic E-state index is 11.7. The molecular weight excluding hydrogens is 294 g/mol. The Morgan fingerprint density at radius 3 is 2.67 bits per heavy atom. The van der Waals surface area contributed by atoms with Gasteiger partial charge in [0.1, 0.15) is 5.75 Å². The van der Waals surface area contributed by atoms with Gasteiger partial charge in [0.25, 0.3) is 5.91 Å². The normalized spacial score (nSPS) is 10.2. The van der Waals surface area contributed by atoms with Gasteiger partial charge in [-0.1, -0.05) is 44.2 Å². The van der Waals surface area contributed by atoms with Crippen LogP contribution in [0.25, 0.3) is 0 Å². The zero-order chi connectivity index (χ0) is 15.7. The lowest BCUT2D eigenvalue weighted by Crippen LogP contribution is -2.27. The summed E-state index contributed by atoms with van der Waals surface area (Å²) in [5.74, 6) is -1.44. The van der Waals surface area contributed by atoms with Crippen LogP contribution in [0.15, 0.2) is 18.2 Å². The Balaban J connectivity index is 2.32. The first kappa shape index (κ1) is 17.3. The molecule has 0 aliphatic rings. The van der Waals surface area contributed by atoms with E-state index in [1.165, 1.54) is 18.2 Å². The Labute approximate surface area is 129 Å². The molecule has 0 spiro atoms. The number of nitrogens with one attached hydrogen (secondary N) is 1. The van der Waals surface area contributed by atoms with Crippen molar-refractivity contribution < 1.29 is 19.5 Å². The van der Waals surface area contributed by atoms with Gasteiger partial charge < -0.3 is 9.94 Å². The predicted octanol–water partition coefficient (Wildman–Crippen LogP) is 3.59. The van der Waals surface area contributed by atoms with Crippen LogP contribution in [0.2, 0.25) is 5.02 Å². The van der Waals surface area contributed by atoms with E-state index in [1.54, 1.807) is 0 Å². The van der Waals surface area contributed by atoms with Gasteiger partial charge in [-0.3, -0.25) is 4.79 Å². The van der Waals surface area contributed by atoms with Crippen LogP contribution in [0, 0.1) is 0 Å². The van der Waals surface area contributed by atoms with E-state index in [2.05, 4.69) is 11.8 Å². The zero-order valence-electron chi connectivity index (χ0n) is 12.0. The molecule has 1 aromatic carbocycles. The topological polar surface area (TPSA) is 75.6 Å². The molecule has 0 fully saturated rings. The maximum atomic E-state index is 11.7. The Morgan fingerprint density at radius 1 is 1.24 bits per heavy atom. The monoisotopic (exact) mass is 313 g/mol. The lowest BCUT2D eigenvalue weighted by Gasteiger charge is -2.07. The van der Waals surface area contributed by atoms with Crippen LogP contribution < -0.4 is 5.48 Å². The predicted molar refractivity (Wildman–Crippen MR) is 80.1 cm³/mol. The number of rotatable bonds is 7. The Bertz CT molecular complexity index is 491. The van der Waals surface area contributed by atoms with Crippen LogP contribution in [-0.4, -0.2) is 17.0 Å². The van der Waals surface area contributed by atoms with Gasteiger partial charge in [-0.15, -0.1) is 0 Å². The summed E-state index contributed by atoms with van der Waals surface area (Å²) in [5, 5.41) is 9.84. The number of phenols is 1. The number of carbonyl (C=O) groups excluding carboxylic acids is 2. The Hall–Kier alpha value is -1.75. The highest BCUT2D eigenvalue weighted by atomic mass is 35.5. The Morgan fingerprint density at radius 2 is 1.95 bits per heavy atom. The van der Waals surface area contributed by atoms with Crippen LogP contribution in [-0.2, 0) is 9.63 Å². The number of halogens is 1. The van der Waals surface area contributed by atoms with Gasteiger partial charge in [-0.05, 0) is 24.6 Å². The van der Waals surface area contributed by atoms with Crippen LogP contribution in [0.4, 0.5) is 0 Å². The van der Waals surface area contributed by atoms with Gasteiger partial charge in [-0.25, -0.2) is 4.79 Å². The highest BCUT2D eigenvalue weighted by Gasteiger charge is 2.13. The third kappa shape index (κ3) is 6.49. The maximum Gasteiger partial charge on any atom is 0.332 e. The smallest absolute Gasteiger partial charge is 0.332 e. The molecule has 1 aromatic rings. The van der Waals surface area contributed by atoms with Crippen LogP contribution in [0.5, 0.6) is 5.75 Å². The Kier molecular flexibility index (Phi) is 7.61. The number of phenolic OH excluding ortho intramolecular Hbond substituents is 1. The van der Waals surface area contributed by atoms with Crippen molar-refractivity contribution in [1.29, 1.82) is 0 Å². The van der Waals surface area contributed by atoms with Gasteiger partial charge in [0.2, 0.25) is 0 Å². The SMILES string of the molecule is CCCCCCCC(=O)ONC(=O)c1cc(Cl)ccc1O. The molecule has 0 heterocycles. The minimum absolute atomic E-state index is 0.0433. The van der Waals surface area contributed by atoms with E-state index in [0.717, 1.165) is 32.1 Å². The van der Waals surface area contributed by atoms with Crippen molar-refractivity contribution >= 4 is 23.5 Å². The number of carbonyl (C=O) groups is 2. The van der Waals surface area contributed by atoms with Gasteiger partial charge in [0.05, 0.1) is 5.56 Å². The lowest BCUT2D eigenvalue weighted by atomic mass is 10.1. The van der Waals surface area contributed by atoms with Crippen molar-refractivity contribution in [2.24, 2.45) is 0 Å². The molecule has 0 atom stereocenters. The largest absolute Gasteiger partial charge is 0.507 e. The minimum Gasteiger partial charge on any atom is -0.507 e. The second-order valence-corrected chi connectivity index (χ2v) is 5.17. The van der Waals surface area contributed by atoms with Crippen molar-refractivity contribution in [3.8, 4) is 5.75 Å². The van der Waals surface area contributed by atoms with E-state index in [4.69, 9.17) is 11.6 Å². The summed E-state index contributed by atoms with van der Waals surface area (Å²) < 4.78 is 0. The molecule has 1 amide bonds. The van der Waals surface area contributed by atoms with E-state index in [1.807, 2.05) is 5.48 Å². The molecule has 116 valence electrons. The molecule has 0 bridgehead atoms. The summed E-state index contributed by atoms with van der Waals surface area (Å²) in [6.07, 6.45) is 5.34. The van der Waals surface area contributed by atoms with Crippen molar-refractivity contribution in [3.05, 3.63) is 28.8 Å². The molecular formula is C15H20ClNO4. The number of hydrogen-bond donors (Lipinski definition) is 2. The van der Waals surface area contributed by atoms with Gasteiger partial charge >= 0.3 is 5.97 Å². The van der Waals surface area contributed by atoms with E-state index < -0.39 is 11.9 Å². The highest BCUT2D eigenvalue weighted by Crippen LogP contribution is 2.21. The number of hydroxylamine groups is 1. The molecule has 1 rings (SSSR count). The second-order valence-electron chi connectivity index (χ2n) is 4.73. The van der Waals surface area contributed by atoms with Crippen molar-refractivity contribution in [2.45, 2.75) is 45.4 Å². The fraction of sp³-hybridized carbons (Fsp3) is 0.467. The second kappa shape index (κ2) is 9.23. The summed E-state index contributed by atoms with van der Waals surface area (Å²) in [6, 6.07) is 4.05. The summed E-state index contributed by atoms with van der Waals surface area (Å²) in [6.45, 7) is 2.12. The lowest BCUT2D eigenvalue weighted by molar-refractivity contribution is -0.149. The third-order valence-electron chi connectivity index (χ3n) is 2.95. The van der Waals surface area contributed by atoms with Crippen molar-refractivity contribution in [1.82, 2.24) is 5.48 Å². The number of hydrogen-bond acceptors (Lipinski definition) is 4. The minimum atomic E-state index is -0.714. The number of unbranched alkanes of at least 4 members (excludes halogenated alkanes) is 4. The van der Waals surface area contributed by atoms with Crippen molar-refractivity contribution in [2.75, 3.05) is 0 Å². The summed E-state index contributed by atoms with van der Waals surface area (Å²) in [5.41, 5.74) is 1.97. The standard InChI is InChI=1S/C15H20ClNO4/c1-2-3-4-5-6-7-14(19)21-17-15(20)12-10-11(16)8-9-13(12)18/h8-10,18H,2-7H2,1H3,(H,17,20). The first-order valence-corrected chi connectivity index (χ1v) is 7.41. The molecule has 0 unspecified atom stereocenters. The molecule has 0 radical (unpaired) electrons. The number of amides is 1. The van der Waals surface area contributed by atoms with Crippen LogP contribution in [0.1, 0.15) is 55.8 Å². The molecule has 0 aliphatic heterocycles. The van der Waals surface area contributed by atoms with Crippen LogP contribution in [0.3, 0.4) is 0 Å². The third-order valence-corrected chi connectivity index (χ3v) is 3.18. The molecule has 21 heavy (non-hydrogen) atoms. The van der Waals surface area contributed by atoms with Crippen molar-refractivity contribution in [3.63, 3.8) is 0 Å².